The van der Waals surface area contributed by atoms with Crippen LogP contribution in [0.4, 0.5) is 5.69 Å². The summed E-state index contributed by atoms with van der Waals surface area (Å²) in [6, 6.07) is 2.23. The normalized spacial score (nSPS) is 30.8. The molecule has 2 atom stereocenters. The molecule has 11 heteroatoms. The maximum Gasteiger partial charge on any atom is 0.295 e. The number of fused-ring (bicyclic) bond motifs is 1. The summed E-state index contributed by atoms with van der Waals surface area (Å²) < 4.78 is 5.61. The molecule has 37 heavy (non-hydrogen) atoms. The van der Waals surface area contributed by atoms with Gasteiger partial charge in [-0.15, -0.1) is 0 Å². The molecule has 2 amide bonds. The lowest BCUT2D eigenvalue weighted by atomic mass is 9.52. The maximum absolute atomic E-state index is 13.1. The Kier molecular flexibility index (Phi) is 5.08. The van der Waals surface area contributed by atoms with E-state index in [0.717, 1.165) is 48.8 Å². The molecular weight excluding hydrogens is 474 g/mol. The largest absolute Gasteiger partial charge is 0.390 e. The van der Waals surface area contributed by atoms with E-state index in [1.165, 1.54) is 6.92 Å². The number of rotatable bonds is 4. The highest BCUT2D eigenvalue weighted by molar-refractivity contribution is 5.97. The second-order valence-corrected chi connectivity index (χ2v) is 11.4. The van der Waals surface area contributed by atoms with Gasteiger partial charge in [0.25, 0.3) is 17.6 Å². The number of aliphatic hydroxyl groups is 1. The third kappa shape index (κ3) is 3.78. The number of H-pyrrole nitrogens is 1. The Labute approximate surface area is 213 Å². The molecule has 194 valence electrons. The standard InChI is InChI=1S/C26H31N7O4/c1-14(34)32-4-6-33(7-5-32)25(35)23-30-24(37-31-23)19-13-28-22-18(2-3-27-22)21(19)29-20-16-8-15-9-17(20)12-26(36,10-15)11-16/h2-3,13,15-17,20,36H,4-12H2,1H3,(H2,27,28,29). The molecule has 8 rings (SSSR count). The third-order valence-corrected chi connectivity index (χ3v) is 9.00. The average molecular weight is 506 g/mol. The molecule has 11 nitrogen and oxygen atoms in total. The van der Waals surface area contributed by atoms with Crippen LogP contribution >= 0.6 is 0 Å². The number of piperazine rings is 1. The van der Waals surface area contributed by atoms with Crippen LogP contribution in [0.5, 0.6) is 0 Å². The number of nitrogens with zero attached hydrogens (tertiary/aromatic N) is 5. The van der Waals surface area contributed by atoms with Crippen molar-refractivity contribution in [1.29, 1.82) is 0 Å². The minimum absolute atomic E-state index is 0.00300. The van der Waals surface area contributed by atoms with E-state index in [1.54, 1.807) is 16.0 Å². The first-order valence-electron chi connectivity index (χ1n) is 13.2. The SMILES string of the molecule is CC(=O)N1CCN(C(=O)c2noc(-c3cnc4[nH]ccc4c3NC3C4CC5CC3CC(O)(C5)C4)n2)CC1. The molecule has 0 spiro atoms. The van der Waals surface area contributed by atoms with Gasteiger partial charge in [-0.05, 0) is 55.9 Å². The first-order valence-corrected chi connectivity index (χ1v) is 13.2. The molecule has 3 aromatic rings. The van der Waals surface area contributed by atoms with Crippen molar-refractivity contribution < 1.29 is 19.2 Å². The zero-order valence-electron chi connectivity index (χ0n) is 20.8. The number of nitrogens with one attached hydrogen (secondary N) is 2. The van der Waals surface area contributed by atoms with Gasteiger partial charge in [0.1, 0.15) is 5.65 Å². The van der Waals surface area contributed by atoms with Crippen LogP contribution in [0.2, 0.25) is 0 Å². The van der Waals surface area contributed by atoms with Crippen molar-refractivity contribution in [3.63, 3.8) is 0 Å². The van der Waals surface area contributed by atoms with Crippen molar-refractivity contribution >= 4 is 28.5 Å². The molecule has 3 N–H and O–H groups in total. The van der Waals surface area contributed by atoms with Gasteiger partial charge in [-0.25, -0.2) is 4.98 Å². The van der Waals surface area contributed by atoms with E-state index in [0.29, 0.717) is 49.5 Å². The van der Waals surface area contributed by atoms with Gasteiger partial charge in [0, 0.05) is 56.9 Å². The van der Waals surface area contributed by atoms with Crippen molar-refractivity contribution in [2.24, 2.45) is 17.8 Å². The smallest absolute Gasteiger partial charge is 0.295 e. The highest BCUT2D eigenvalue weighted by Gasteiger charge is 2.54. The van der Waals surface area contributed by atoms with Gasteiger partial charge in [-0.1, -0.05) is 5.16 Å². The summed E-state index contributed by atoms with van der Waals surface area (Å²) in [6.07, 6.45) is 8.47. The summed E-state index contributed by atoms with van der Waals surface area (Å²) in [4.78, 5) is 40.3. The topological polar surface area (TPSA) is 140 Å². The Morgan fingerprint density at radius 3 is 2.57 bits per heavy atom. The Balaban J connectivity index is 1.17. The molecule has 1 saturated heterocycles. The summed E-state index contributed by atoms with van der Waals surface area (Å²) in [5, 5.41) is 19.8. The van der Waals surface area contributed by atoms with Gasteiger partial charge in [0.05, 0.1) is 16.9 Å². The van der Waals surface area contributed by atoms with Crippen LogP contribution in [0.15, 0.2) is 23.0 Å². The molecule has 0 radical (unpaired) electrons. The quantitative estimate of drug-likeness (QED) is 0.491. The summed E-state index contributed by atoms with van der Waals surface area (Å²) in [5.41, 5.74) is 1.78. The van der Waals surface area contributed by atoms with Crippen LogP contribution in [-0.2, 0) is 4.79 Å². The lowest BCUT2D eigenvalue weighted by molar-refractivity contribution is -0.130. The predicted molar refractivity (Wildman–Crippen MR) is 133 cm³/mol. The van der Waals surface area contributed by atoms with Crippen LogP contribution < -0.4 is 5.32 Å². The van der Waals surface area contributed by atoms with Crippen LogP contribution in [0.1, 0.15) is 49.6 Å². The lowest BCUT2D eigenvalue weighted by Crippen LogP contribution is -2.59. The Bertz CT molecular complexity index is 1360. The van der Waals surface area contributed by atoms with Crippen molar-refractivity contribution in [3.8, 4) is 11.5 Å². The molecule has 1 aliphatic heterocycles. The predicted octanol–water partition coefficient (Wildman–Crippen LogP) is 2.27. The van der Waals surface area contributed by atoms with Gasteiger partial charge < -0.3 is 29.7 Å². The molecule has 4 heterocycles. The van der Waals surface area contributed by atoms with Crippen LogP contribution in [-0.4, -0.2) is 84.7 Å². The van der Waals surface area contributed by atoms with Crippen LogP contribution in [0.25, 0.3) is 22.5 Å². The highest BCUT2D eigenvalue weighted by Crippen LogP contribution is 2.56. The van der Waals surface area contributed by atoms with Crippen LogP contribution in [0, 0.1) is 17.8 Å². The van der Waals surface area contributed by atoms with Crippen molar-refractivity contribution in [3.05, 3.63) is 24.3 Å². The second kappa shape index (κ2) is 8.27. The fourth-order valence-electron chi connectivity index (χ4n) is 7.49. The lowest BCUT2D eigenvalue weighted by Gasteiger charge is -2.58. The zero-order chi connectivity index (χ0) is 25.3. The average Bonchev–Trinajstić information content (AvgIpc) is 3.55. The highest BCUT2D eigenvalue weighted by atomic mass is 16.5. The van der Waals surface area contributed by atoms with Crippen molar-refractivity contribution in [2.75, 3.05) is 31.5 Å². The Morgan fingerprint density at radius 1 is 1.14 bits per heavy atom. The molecular formula is C26H31N7O4. The Hall–Kier alpha value is -3.47. The summed E-state index contributed by atoms with van der Waals surface area (Å²) in [6.45, 7) is 3.39. The van der Waals surface area contributed by atoms with E-state index >= 15 is 0 Å². The maximum atomic E-state index is 13.1. The first-order chi connectivity index (χ1) is 17.9. The van der Waals surface area contributed by atoms with E-state index in [9.17, 15) is 14.7 Å². The molecule has 3 aromatic heterocycles. The molecule has 4 aliphatic carbocycles. The number of hydrogen-bond donors (Lipinski definition) is 3. The fourth-order valence-corrected chi connectivity index (χ4v) is 7.49. The number of aromatic amines is 1. The summed E-state index contributed by atoms with van der Waals surface area (Å²) in [7, 11) is 0. The van der Waals surface area contributed by atoms with Gasteiger partial charge in [0.2, 0.25) is 5.91 Å². The van der Waals surface area contributed by atoms with Gasteiger partial charge in [-0.2, -0.15) is 4.98 Å². The second-order valence-electron chi connectivity index (χ2n) is 11.4. The van der Waals surface area contributed by atoms with E-state index in [2.05, 4.69) is 25.4 Å². The van der Waals surface area contributed by atoms with E-state index in [4.69, 9.17) is 4.52 Å². The third-order valence-electron chi connectivity index (χ3n) is 9.00. The minimum Gasteiger partial charge on any atom is -0.390 e. The molecule has 2 unspecified atom stereocenters. The van der Waals surface area contributed by atoms with Gasteiger partial charge in [0.15, 0.2) is 0 Å². The van der Waals surface area contributed by atoms with Crippen molar-refractivity contribution in [2.45, 2.75) is 50.7 Å². The van der Waals surface area contributed by atoms with Crippen LogP contribution in [0.3, 0.4) is 0 Å². The zero-order valence-corrected chi connectivity index (χ0v) is 20.8. The molecule has 4 saturated carbocycles. The number of aromatic nitrogens is 4. The Morgan fingerprint density at radius 2 is 1.86 bits per heavy atom. The molecule has 5 fully saturated rings. The summed E-state index contributed by atoms with van der Waals surface area (Å²) in [5.74, 6) is 1.40. The number of carbonyl (C=O) groups excluding carboxylic acids is 2. The van der Waals surface area contributed by atoms with Gasteiger partial charge >= 0.3 is 0 Å². The molecule has 5 aliphatic rings. The number of carbonyl (C=O) groups is 2. The fraction of sp³-hybridized carbons (Fsp3) is 0.577. The van der Waals surface area contributed by atoms with E-state index < -0.39 is 5.60 Å². The first kappa shape index (κ1) is 22.7. The van der Waals surface area contributed by atoms with Gasteiger partial charge in [-0.3, -0.25) is 9.59 Å². The van der Waals surface area contributed by atoms with E-state index in [-0.39, 0.29) is 29.6 Å². The number of amides is 2. The number of pyridine rings is 1. The summed E-state index contributed by atoms with van der Waals surface area (Å²) >= 11 is 0. The van der Waals surface area contributed by atoms with E-state index in [1.807, 2.05) is 12.3 Å². The molecule has 0 aromatic carbocycles. The monoisotopic (exact) mass is 505 g/mol. The van der Waals surface area contributed by atoms with Crippen molar-refractivity contribution in [1.82, 2.24) is 29.9 Å². The number of anilines is 1. The number of hydrogen-bond acceptors (Lipinski definition) is 8. The molecule has 4 bridgehead atoms. The minimum atomic E-state index is -0.503.